The van der Waals surface area contributed by atoms with Crippen molar-refractivity contribution in [3.8, 4) is 5.75 Å². The maximum absolute atomic E-state index is 14.5. The van der Waals surface area contributed by atoms with E-state index in [4.69, 9.17) is 4.74 Å². The second-order valence-corrected chi connectivity index (χ2v) is 7.80. The molecule has 1 aliphatic heterocycles. The molecule has 0 saturated carbocycles. The highest BCUT2D eigenvalue weighted by molar-refractivity contribution is 9.10. The predicted molar refractivity (Wildman–Crippen MR) is 90.6 cm³/mol. The lowest BCUT2D eigenvalue weighted by atomic mass is 10.2. The first-order valence-corrected chi connectivity index (χ1v) is 8.93. The van der Waals surface area contributed by atoms with E-state index in [0.29, 0.717) is 11.4 Å². The number of halogens is 2. The molecule has 3 rings (SSSR count). The molecule has 0 bridgehead atoms. The summed E-state index contributed by atoms with van der Waals surface area (Å²) in [5.41, 5.74) is 1.10. The first-order chi connectivity index (χ1) is 10.9. The minimum Gasteiger partial charge on any atom is -0.497 e. The van der Waals surface area contributed by atoms with Crippen LogP contribution < -0.4 is 13.3 Å². The number of hydrogen-bond acceptors (Lipinski definition) is 3. The Morgan fingerprint density at radius 3 is 2.43 bits per heavy atom. The average molecular weight is 401 g/mol. The Bertz CT molecular complexity index is 856. The molecular weight excluding hydrogens is 387 g/mol. The third kappa shape index (κ3) is 2.55. The quantitative estimate of drug-likeness (QED) is 0.793. The number of anilines is 2. The van der Waals surface area contributed by atoms with E-state index in [-0.39, 0.29) is 16.7 Å². The van der Waals surface area contributed by atoms with Crippen molar-refractivity contribution in [3.63, 3.8) is 0 Å². The van der Waals surface area contributed by atoms with Crippen LogP contribution in [0.3, 0.4) is 0 Å². The summed E-state index contributed by atoms with van der Waals surface area (Å²) in [5, 5.41) is 0. The molecule has 0 N–H and O–H groups in total. The van der Waals surface area contributed by atoms with Gasteiger partial charge in [0, 0.05) is 7.05 Å². The van der Waals surface area contributed by atoms with E-state index in [2.05, 4.69) is 15.9 Å². The molecule has 0 unspecified atom stereocenters. The molecule has 5 nitrogen and oxygen atoms in total. The van der Waals surface area contributed by atoms with Gasteiger partial charge in [0.05, 0.1) is 23.8 Å². The van der Waals surface area contributed by atoms with Crippen LogP contribution in [0.2, 0.25) is 0 Å². The number of methoxy groups -OCH3 is 1. The Hall–Kier alpha value is -1.80. The van der Waals surface area contributed by atoms with Crippen molar-refractivity contribution in [1.82, 2.24) is 0 Å². The van der Waals surface area contributed by atoms with E-state index in [0.717, 1.165) is 14.2 Å². The number of rotatable bonds is 3. The van der Waals surface area contributed by atoms with Gasteiger partial charge in [-0.1, -0.05) is 12.1 Å². The standard InChI is InChI=1S/C15H14BrFN2O3S/c1-18-13-8-7-12(16)14(17)15(13)19(23(18,20)21)9-10-3-5-11(22-2)6-4-10/h3-8H,9H2,1-2H3. The van der Waals surface area contributed by atoms with Crippen molar-refractivity contribution < 1.29 is 17.5 Å². The van der Waals surface area contributed by atoms with Gasteiger partial charge in [-0.15, -0.1) is 0 Å². The van der Waals surface area contributed by atoms with Crippen LogP contribution in [0.4, 0.5) is 15.8 Å². The van der Waals surface area contributed by atoms with Crippen LogP contribution in [0.15, 0.2) is 40.9 Å². The molecule has 0 fully saturated rings. The fourth-order valence-electron chi connectivity index (χ4n) is 2.47. The molecule has 0 saturated heterocycles. The second kappa shape index (κ2) is 5.68. The lowest BCUT2D eigenvalue weighted by Crippen LogP contribution is -2.35. The molecule has 2 aromatic carbocycles. The SMILES string of the molecule is COc1ccc(CN2c3c(ccc(Br)c3F)N(C)S2(=O)=O)cc1. The van der Waals surface area contributed by atoms with Crippen molar-refractivity contribution in [2.45, 2.75) is 6.54 Å². The lowest BCUT2D eigenvalue weighted by Gasteiger charge is -2.19. The first-order valence-electron chi connectivity index (χ1n) is 6.74. The van der Waals surface area contributed by atoms with Crippen LogP contribution in [-0.2, 0) is 16.8 Å². The summed E-state index contributed by atoms with van der Waals surface area (Å²) in [6.07, 6.45) is 0. The summed E-state index contributed by atoms with van der Waals surface area (Å²) < 4.78 is 47.1. The van der Waals surface area contributed by atoms with Crippen molar-refractivity contribution in [2.75, 3.05) is 22.8 Å². The zero-order chi connectivity index (χ0) is 16.8. The molecule has 2 aromatic rings. The van der Waals surface area contributed by atoms with Crippen LogP contribution in [-0.4, -0.2) is 22.6 Å². The van der Waals surface area contributed by atoms with Gasteiger partial charge in [0.15, 0.2) is 5.82 Å². The summed E-state index contributed by atoms with van der Waals surface area (Å²) in [7, 11) is -0.838. The fraction of sp³-hybridized carbons (Fsp3) is 0.200. The van der Waals surface area contributed by atoms with Gasteiger partial charge in [-0.25, -0.2) is 8.70 Å². The Morgan fingerprint density at radius 2 is 1.83 bits per heavy atom. The third-order valence-corrected chi connectivity index (χ3v) is 6.12. The number of ether oxygens (including phenoxy) is 1. The molecule has 1 aliphatic rings. The van der Waals surface area contributed by atoms with E-state index in [1.807, 2.05) is 0 Å². The highest BCUT2D eigenvalue weighted by atomic mass is 79.9. The number of hydrogen-bond donors (Lipinski definition) is 0. The maximum Gasteiger partial charge on any atom is 0.326 e. The van der Waals surface area contributed by atoms with Gasteiger partial charge in [0.1, 0.15) is 11.4 Å². The zero-order valence-electron chi connectivity index (χ0n) is 12.5. The third-order valence-electron chi connectivity index (χ3n) is 3.75. The molecule has 0 amide bonds. The highest BCUT2D eigenvalue weighted by Gasteiger charge is 2.40. The summed E-state index contributed by atoms with van der Waals surface area (Å²) in [4.78, 5) is 0. The van der Waals surface area contributed by atoms with Crippen molar-refractivity contribution in [3.05, 3.63) is 52.3 Å². The van der Waals surface area contributed by atoms with Crippen LogP contribution in [0.5, 0.6) is 5.75 Å². The predicted octanol–water partition coefficient (Wildman–Crippen LogP) is 3.30. The van der Waals surface area contributed by atoms with Gasteiger partial charge in [0.25, 0.3) is 0 Å². The van der Waals surface area contributed by atoms with Gasteiger partial charge < -0.3 is 4.74 Å². The largest absolute Gasteiger partial charge is 0.497 e. The van der Waals surface area contributed by atoms with E-state index in [1.54, 1.807) is 37.4 Å². The Balaban J connectivity index is 2.06. The maximum atomic E-state index is 14.5. The summed E-state index contributed by atoms with van der Waals surface area (Å²) >= 11 is 3.11. The number of nitrogens with zero attached hydrogens (tertiary/aromatic N) is 2. The molecule has 8 heteroatoms. The Kier molecular flexibility index (Phi) is 3.97. The first kappa shape index (κ1) is 16.1. The number of fused-ring (bicyclic) bond motifs is 1. The average Bonchev–Trinajstić information content (AvgIpc) is 2.73. The number of benzene rings is 2. The topological polar surface area (TPSA) is 49.9 Å². The molecule has 0 atom stereocenters. The molecule has 0 aromatic heterocycles. The second-order valence-electron chi connectivity index (χ2n) is 5.06. The van der Waals surface area contributed by atoms with Gasteiger partial charge >= 0.3 is 10.2 Å². The van der Waals surface area contributed by atoms with Gasteiger partial charge in [-0.05, 0) is 45.8 Å². The smallest absolute Gasteiger partial charge is 0.326 e. The highest BCUT2D eigenvalue weighted by Crippen LogP contribution is 2.44. The van der Waals surface area contributed by atoms with Crippen molar-refractivity contribution in [1.29, 1.82) is 0 Å². The molecule has 0 spiro atoms. The van der Waals surface area contributed by atoms with Crippen LogP contribution >= 0.6 is 15.9 Å². The van der Waals surface area contributed by atoms with E-state index in [1.165, 1.54) is 13.1 Å². The normalized spacial score (nSPS) is 15.7. The molecular formula is C15H14BrFN2O3S. The van der Waals surface area contributed by atoms with Crippen LogP contribution in [0.25, 0.3) is 0 Å². The van der Waals surface area contributed by atoms with Crippen LogP contribution in [0, 0.1) is 5.82 Å². The van der Waals surface area contributed by atoms with Crippen molar-refractivity contribution in [2.24, 2.45) is 0 Å². The van der Waals surface area contributed by atoms with Crippen LogP contribution in [0.1, 0.15) is 5.56 Å². The molecule has 0 aliphatic carbocycles. The Labute approximate surface area is 142 Å². The minimum absolute atomic E-state index is 0.0387. The summed E-state index contributed by atoms with van der Waals surface area (Å²) in [6, 6.07) is 10.1. The minimum atomic E-state index is -3.80. The van der Waals surface area contributed by atoms with Gasteiger partial charge in [-0.3, -0.25) is 4.31 Å². The monoisotopic (exact) mass is 400 g/mol. The summed E-state index contributed by atoms with van der Waals surface area (Å²) in [5.74, 6) is 0.0772. The summed E-state index contributed by atoms with van der Waals surface area (Å²) in [6.45, 7) is 0.0387. The zero-order valence-corrected chi connectivity index (χ0v) is 14.9. The Morgan fingerprint density at radius 1 is 1.17 bits per heavy atom. The fourth-order valence-corrected chi connectivity index (χ4v) is 4.19. The van der Waals surface area contributed by atoms with Crippen molar-refractivity contribution >= 4 is 37.5 Å². The molecule has 122 valence electrons. The molecule has 23 heavy (non-hydrogen) atoms. The van der Waals surface area contributed by atoms with E-state index >= 15 is 0 Å². The van der Waals surface area contributed by atoms with Gasteiger partial charge in [0.2, 0.25) is 0 Å². The lowest BCUT2D eigenvalue weighted by molar-refractivity contribution is 0.414. The van der Waals surface area contributed by atoms with E-state index in [9.17, 15) is 12.8 Å². The molecule has 0 radical (unpaired) electrons. The van der Waals surface area contributed by atoms with E-state index < -0.39 is 16.0 Å². The molecule has 1 heterocycles. The van der Waals surface area contributed by atoms with Gasteiger partial charge in [-0.2, -0.15) is 8.42 Å².